The number of aromatic nitrogens is 2. The van der Waals surface area contributed by atoms with Crippen molar-refractivity contribution in [2.24, 2.45) is 0 Å². The molecule has 2 aromatic rings. The number of hydrogen-bond acceptors (Lipinski definition) is 3. The van der Waals surface area contributed by atoms with Crippen molar-refractivity contribution in [2.45, 2.75) is 12.7 Å². The van der Waals surface area contributed by atoms with E-state index < -0.39 is 35.3 Å². The first-order valence-electron chi connectivity index (χ1n) is 5.88. The van der Waals surface area contributed by atoms with Gasteiger partial charge in [0.25, 0.3) is 5.56 Å². The van der Waals surface area contributed by atoms with Gasteiger partial charge in [-0.05, 0) is 12.1 Å². The van der Waals surface area contributed by atoms with Crippen molar-refractivity contribution in [3.63, 3.8) is 0 Å². The Bertz CT molecular complexity index is 839. The highest BCUT2D eigenvalue weighted by Gasteiger charge is 2.30. The molecule has 1 N–H and O–H groups in total. The first kappa shape index (κ1) is 16.0. The monoisotopic (exact) mass is 332 g/mol. The third kappa shape index (κ3) is 3.45. The van der Waals surface area contributed by atoms with E-state index in [0.717, 1.165) is 22.9 Å². The molecule has 1 aromatic carbocycles. The first-order chi connectivity index (χ1) is 10.2. The van der Waals surface area contributed by atoms with Gasteiger partial charge in [-0.25, -0.2) is 4.79 Å². The highest BCUT2D eigenvalue weighted by atomic mass is 35.5. The summed E-state index contributed by atoms with van der Waals surface area (Å²) in [4.78, 5) is 36.5. The highest BCUT2D eigenvalue weighted by molar-refractivity contribution is 6.30. The van der Waals surface area contributed by atoms with Gasteiger partial charge in [0.2, 0.25) is 0 Å². The van der Waals surface area contributed by atoms with Gasteiger partial charge in [-0.1, -0.05) is 23.7 Å². The minimum atomic E-state index is -4.57. The Hall–Kier alpha value is -2.35. The molecule has 9 heteroatoms. The molecular formula is C13H8ClF3N2O3. The van der Waals surface area contributed by atoms with Crippen LogP contribution < -0.4 is 11.2 Å². The second-order valence-corrected chi connectivity index (χ2v) is 4.77. The standard InChI is InChI=1S/C13H8ClF3N2O3/c14-9-5-19(12(22)18-11(9)21)6-10(20)7-2-1-3-8(4-7)13(15,16)17/h1-5H,6H2,(H,18,21,22). The van der Waals surface area contributed by atoms with Gasteiger partial charge in [0.15, 0.2) is 5.78 Å². The molecule has 0 saturated heterocycles. The van der Waals surface area contributed by atoms with E-state index in [-0.39, 0.29) is 10.6 Å². The molecule has 0 unspecified atom stereocenters. The van der Waals surface area contributed by atoms with Crippen LogP contribution in [0.4, 0.5) is 13.2 Å². The first-order valence-corrected chi connectivity index (χ1v) is 6.26. The minimum Gasteiger partial charge on any atom is -0.292 e. The van der Waals surface area contributed by atoms with Crippen molar-refractivity contribution in [2.75, 3.05) is 0 Å². The SMILES string of the molecule is O=C(Cn1cc(Cl)c(=O)[nH]c1=O)c1cccc(C(F)(F)F)c1. The molecule has 2 rings (SSSR count). The number of H-pyrrole nitrogens is 1. The predicted molar refractivity (Wildman–Crippen MR) is 72.1 cm³/mol. The molecule has 5 nitrogen and oxygen atoms in total. The maximum absolute atomic E-state index is 12.6. The Morgan fingerprint density at radius 2 is 1.95 bits per heavy atom. The van der Waals surface area contributed by atoms with Crippen LogP contribution in [0.5, 0.6) is 0 Å². The molecule has 0 aliphatic heterocycles. The maximum atomic E-state index is 12.6. The van der Waals surface area contributed by atoms with Crippen molar-refractivity contribution in [3.8, 4) is 0 Å². The highest BCUT2D eigenvalue weighted by Crippen LogP contribution is 2.29. The van der Waals surface area contributed by atoms with Crippen LogP contribution in [0.15, 0.2) is 40.1 Å². The molecule has 1 heterocycles. The van der Waals surface area contributed by atoms with Crippen molar-refractivity contribution in [1.82, 2.24) is 9.55 Å². The van der Waals surface area contributed by atoms with Crippen molar-refractivity contribution >= 4 is 17.4 Å². The molecule has 116 valence electrons. The van der Waals surface area contributed by atoms with Crippen LogP contribution in [0.2, 0.25) is 5.02 Å². The largest absolute Gasteiger partial charge is 0.416 e. The number of rotatable bonds is 3. The normalized spacial score (nSPS) is 11.5. The quantitative estimate of drug-likeness (QED) is 0.875. The average Bonchev–Trinajstić information content (AvgIpc) is 2.44. The molecular weight excluding hydrogens is 325 g/mol. The second-order valence-electron chi connectivity index (χ2n) is 4.37. The van der Waals surface area contributed by atoms with Crippen LogP contribution in [-0.2, 0) is 12.7 Å². The Morgan fingerprint density at radius 3 is 2.59 bits per heavy atom. The number of hydrogen-bond donors (Lipinski definition) is 1. The van der Waals surface area contributed by atoms with Gasteiger partial charge in [-0.2, -0.15) is 13.2 Å². The minimum absolute atomic E-state index is 0.205. The van der Waals surface area contributed by atoms with Crippen LogP contribution >= 0.6 is 11.6 Å². The van der Waals surface area contributed by atoms with Crippen LogP contribution in [0.3, 0.4) is 0 Å². The van der Waals surface area contributed by atoms with Crippen LogP contribution in [0, 0.1) is 0 Å². The lowest BCUT2D eigenvalue weighted by molar-refractivity contribution is -0.137. The molecule has 0 aliphatic carbocycles. The molecule has 0 fully saturated rings. The molecule has 0 amide bonds. The molecule has 0 radical (unpaired) electrons. The van der Waals surface area contributed by atoms with E-state index in [1.165, 1.54) is 6.07 Å². The van der Waals surface area contributed by atoms with Gasteiger partial charge in [-0.3, -0.25) is 19.1 Å². The van der Waals surface area contributed by atoms with E-state index in [0.29, 0.717) is 6.07 Å². The number of halogens is 4. The maximum Gasteiger partial charge on any atom is 0.416 e. The summed E-state index contributed by atoms with van der Waals surface area (Å²) in [6.45, 7) is -0.545. The predicted octanol–water partition coefficient (Wildman–Crippen LogP) is 2.09. The van der Waals surface area contributed by atoms with Gasteiger partial charge in [-0.15, -0.1) is 0 Å². The molecule has 0 aliphatic rings. The topological polar surface area (TPSA) is 71.9 Å². The summed E-state index contributed by atoms with van der Waals surface area (Å²) in [7, 11) is 0. The van der Waals surface area contributed by atoms with Crippen molar-refractivity contribution in [1.29, 1.82) is 0 Å². The number of carbonyl (C=O) groups is 1. The van der Waals surface area contributed by atoms with Gasteiger partial charge >= 0.3 is 11.9 Å². The van der Waals surface area contributed by atoms with Crippen molar-refractivity contribution < 1.29 is 18.0 Å². The second kappa shape index (κ2) is 5.80. The fraction of sp³-hybridized carbons (Fsp3) is 0.154. The number of alkyl halides is 3. The van der Waals surface area contributed by atoms with Gasteiger partial charge in [0.05, 0.1) is 12.1 Å². The summed E-state index contributed by atoms with van der Waals surface area (Å²) in [6.07, 6.45) is -3.62. The molecule has 1 aromatic heterocycles. The number of Topliss-reactive ketones (excluding diaryl/α,β-unsaturated/α-hetero) is 1. The Labute approximate surface area is 126 Å². The fourth-order valence-electron chi connectivity index (χ4n) is 1.72. The van der Waals surface area contributed by atoms with E-state index in [1.54, 1.807) is 0 Å². The van der Waals surface area contributed by atoms with Gasteiger partial charge < -0.3 is 0 Å². The van der Waals surface area contributed by atoms with E-state index in [4.69, 9.17) is 11.6 Å². The zero-order valence-corrected chi connectivity index (χ0v) is 11.5. The van der Waals surface area contributed by atoms with E-state index >= 15 is 0 Å². The van der Waals surface area contributed by atoms with Crippen molar-refractivity contribution in [3.05, 3.63) is 67.4 Å². The number of aromatic amines is 1. The Balaban J connectivity index is 2.33. The number of nitrogens with one attached hydrogen (secondary N) is 1. The lowest BCUT2D eigenvalue weighted by Crippen LogP contribution is -2.31. The summed E-state index contributed by atoms with van der Waals surface area (Å²) in [6, 6.07) is 3.83. The lowest BCUT2D eigenvalue weighted by Gasteiger charge is -2.09. The average molecular weight is 333 g/mol. The third-order valence-corrected chi connectivity index (χ3v) is 3.06. The summed E-state index contributed by atoms with van der Waals surface area (Å²) in [5, 5.41) is -0.309. The number of nitrogens with zero attached hydrogens (tertiary/aromatic N) is 1. The van der Waals surface area contributed by atoms with E-state index in [1.807, 2.05) is 4.98 Å². The fourth-order valence-corrected chi connectivity index (χ4v) is 1.88. The number of carbonyl (C=O) groups excluding carboxylic acids is 1. The summed E-state index contributed by atoms with van der Waals surface area (Å²) in [5.74, 6) is -0.726. The van der Waals surface area contributed by atoms with Gasteiger partial charge in [0, 0.05) is 11.8 Å². The zero-order chi connectivity index (χ0) is 16.5. The molecule has 0 spiro atoms. The van der Waals surface area contributed by atoms with Crippen LogP contribution in [0.1, 0.15) is 15.9 Å². The van der Waals surface area contributed by atoms with Gasteiger partial charge in [0.1, 0.15) is 5.02 Å². The van der Waals surface area contributed by atoms with Crippen LogP contribution in [0.25, 0.3) is 0 Å². The summed E-state index contributed by atoms with van der Waals surface area (Å²) < 4.78 is 38.6. The molecule has 22 heavy (non-hydrogen) atoms. The van der Waals surface area contributed by atoms with E-state index in [2.05, 4.69) is 0 Å². The Kier molecular flexibility index (Phi) is 4.23. The summed E-state index contributed by atoms with van der Waals surface area (Å²) in [5.41, 5.74) is -2.86. The molecule has 0 bridgehead atoms. The number of ketones is 1. The Morgan fingerprint density at radius 1 is 1.27 bits per heavy atom. The summed E-state index contributed by atoms with van der Waals surface area (Å²) >= 11 is 5.54. The van der Waals surface area contributed by atoms with Crippen LogP contribution in [-0.4, -0.2) is 15.3 Å². The zero-order valence-electron chi connectivity index (χ0n) is 10.8. The third-order valence-electron chi connectivity index (χ3n) is 2.79. The molecule has 0 saturated carbocycles. The smallest absolute Gasteiger partial charge is 0.292 e. The lowest BCUT2D eigenvalue weighted by atomic mass is 10.1. The molecule has 0 atom stereocenters. The number of benzene rings is 1. The van der Waals surface area contributed by atoms with E-state index in [9.17, 15) is 27.6 Å².